The average Bonchev–Trinajstić information content (AvgIpc) is 2.79. The fourth-order valence-corrected chi connectivity index (χ4v) is 3.41. The monoisotopic (exact) mass is 425 g/mol. The molecule has 9 nitrogen and oxygen atoms in total. The molecular weight excluding hydrogens is 394 g/mol. The Labute approximate surface area is 183 Å². The van der Waals surface area contributed by atoms with Crippen molar-refractivity contribution >= 4 is 29.1 Å². The van der Waals surface area contributed by atoms with Crippen LogP contribution in [0.5, 0.6) is 0 Å². The Kier molecular flexibility index (Phi) is 7.77. The van der Waals surface area contributed by atoms with E-state index in [9.17, 15) is 9.59 Å². The van der Waals surface area contributed by atoms with Crippen LogP contribution < -0.4 is 20.4 Å². The molecule has 0 bridgehead atoms. The van der Waals surface area contributed by atoms with Crippen LogP contribution in [-0.4, -0.2) is 73.0 Å². The SMILES string of the molecule is CCN(CC)c1ccc(CNC(=O)C(=O)Nc2ccnc(N3CCN(C)CC3)c2)cn1. The molecule has 166 valence electrons. The number of carbonyl (C=O) groups is 2. The number of aromatic nitrogens is 2. The largest absolute Gasteiger partial charge is 0.357 e. The van der Waals surface area contributed by atoms with Gasteiger partial charge in [-0.2, -0.15) is 0 Å². The van der Waals surface area contributed by atoms with Gasteiger partial charge in [0.15, 0.2) is 0 Å². The molecule has 0 saturated carbocycles. The van der Waals surface area contributed by atoms with Crippen LogP contribution in [0.25, 0.3) is 0 Å². The summed E-state index contributed by atoms with van der Waals surface area (Å²) in [7, 11) is 2.09. The molecule has 1 saturated heterocycles. The highest BCUT2D eigenvalue weighted by Crippen LogP contribution is 2.18. The molecule has 3 rings (SSSR count). The lowest BCUT2D eigenvalue weighted by atomic mass is 10.2. The molecule has 0 spiro atoms. The zero-order valence-electron chi connectivity index (χ0n) is 18.5. The van der Waals surface area contributed by atoms with Crippen molar-refractivity contribution in [3.05, 3.63) is 42.2 Å². The van der Waals surface area contributed by atoms with Crippen LogP contribution in [0.15, 0.2) is 36.7 Å². The van der Waals surface area contributed by atoms with E-state index in [4.69, 9.17) is 0 Å². The molecule has 2 N–H and O–H groups in total. The molecule has 31 heavy (non-hydrogen) atoms. The van der Waals surface area contributed by atoms with Crippen molar-refractivity contribution in [2.75, 3.05) is 61.4 Å². The molecule has 0 atom stereocenters. The molecule has 0 unspecified atom stereocenters. The van der Waals surface area contributed by atoms with Gasteiger partial charge in [0.05, 0.1) is 0 Å². The summed E-state index contributed by atoms with van der Waals surface area (Å²) in [6.07, 6.45) is 3.36. The number of amides is 2. The molecule has 2 amide bonds. The summed E-state index contributed by atoms with van der Waals surface area (Å²) in [5.74, 6) is 0.298. The number of likely N-dealkylation sites (N-methyl/N-ethyl adjacent to an activating group) is 1. The van der Waals surface area contributed by atoms with E-state index in [1.54, 1.807) is 24.5 Å². The predicted octanol–water partition coefficient (Wildman–Crippen LogP) is 1.33. The molecule has 0 aliphatic carbocycles. The smallest absolute Gasteiger partial charge is 0.313 e. The zero-order chi connectivity index (χ0) is 22.2. The van der Waals surface area contributed by atoms with Crippen LogP contribution >= 0.6 is 0 Å². The van der Waals surface area contributed by atoms with Crippen LogP contribution in [0.1, 0.15) is 19.4 Å². The summed E-state index contributed by atoms with van der Waals surface area (Å²) >= 11 is 0. The second kappa shape index (κ2) is 10.7. The Morgan fingerprint density at radius 3 is 2.42 bits per heavy atom. The van der Waals surface area contributed by atoms with Crippen LogP contribution in [-0.2, 0) is 16.1 Å². The van der Waals surface area contributed by atoms with Gasteiger partial charge in [-0.05, 0) is 38.6 Å². The summed E-state index contributed by atoms with van der Waals surface area (Å²) in [4.78, 5) is 39.9. The minimum atomic E-state index is -0.705. The van der Waals surface area contributed by atoms with Crippen molar-refractivity contribution in [3.8, 4) is 0 Å². The minimum Gasteiger partial charge on any atom is -0.357 e. The van der Waals surface area contributed by atoms with Gasteiger partial charge in [-0.15, -0.1) is 0 Å². The first-order chi connectivity index (χ1) is 15.0. The van der Waals surface area contributed by atoms with Crippen molar-refractivity contribution in [2.24, 2.45) is 0 Å². The predicted molar refractivity (Wildman–Crippen MR) is 122 cm³/mol. The number of hydrogen-bond donors (Lipinski definition) is 2. The zero-order valence-corrected chi connectivity index (χ0v) is 18.5. The highest BCUT2D eigenvalue weighted by Gasteiger charge is 2.17. The van der Waals surface area contributed by atoms with E-state index in [2.05, 4.69) is 56.2 Å². The maximum atomic E-state index is 12.3. The van der Waals surface area contributed by atoms with Gasteiger partial charge in [-0.3, -0.25) is 9.59 Å². The van der Waals surface area contributed by atoms with Gasteiger partial charge in [0.1, 0.15) is 11.6 Å². The summed E-state index contributed by atoms with van der Waals surface area (Å²) in [5.41, 5.74) is 1.38. The molecule has 2 aromatic heterocycles. The molecule has 1 aliphatic heterocycles. The fourth-order valence-electron chi connectivity index (χ4n) is 3.41. The van der Waals surface area contributed by atoms with Gasteiger partial charge in [0.2, 0.25) is 0 Å². The van der Waals surface area contributed by atoms with Crippen molar-refractivity contribution < 1.29 is 9.59 Å². The Bertz CT molecular complexity index is 876. The molecule has 3 heterocycles. The lowest BCUT2D eigenvalue weighted by Crippen LogP contribution is -2.44. The van der Waals surface area contributed by atoms with Crippen LogP contribution in [0.3, 0.4) is 0 Å². The van der Waals surface area contributed by atoms with Crippen LogP contribution in [0, 0.1) is 0 Å². The standard InChI is InChI=1S/C22H31N7O2/c1-4-28(5-2)19-7-6-17(15-24-19)16-25-21(30)22(31)26-18-8-9-23-20(14-18)29-12-10-27(3)11-13-29/h6-9,14-15H,4-5,10-13,16H2,1-3H3,(H,25,30)(H,23,26,31). The lowest BCUT2D eigenvalue weighted by molar-refractivity contribution is -0.136. The van der Waals surface area contributed by atoms with E-state index in [0.29, 0.717) is 5.69 Å². The minimum absolute atomic E-state index is 0.237. The highest BCUT2D eigenvalue weighted by atomic mass is 16.2. The third-order valence-corrected chi connectivity index (χ3v) is 5.39. The van der Waals surface area contributed by atoms with E-state index in [1.807, 2.05) is 12.1 Å². The van der Waals surface area contributed by atoms with E-state index < -0.39 is 11.8 Å². The number of piperazine rings is 1. The van der Waals surface area contributed by atoms with E-state index in [0.717, 1.165) is 56.5 Å². The first kappa shape index (κ1) is 22.5. The number of rotatable bonds is 7. The molecule has 9 heteroatoms. The third kappa shape index (κ3) is 6.14. The van der Waals surface area contributed by atoms with Gasteiger partial charge in [0, 0.05) is 70.0 Å². The molecule has 1 aliphatic rings. The lowest BCUT2D eigenvalue weighted by Gasteiger charge is -2.33. The average molecular weight is 426 g/mol. The van der Waals surface area contributed by atoms with Crippen molar-refractivity contribution in [1.29, 1.82) is 0 Å². The second-order valence-corrected chi connectivity index (χ2v) is 7.53. The molecule has 0 aromatic carbocycles. The first-order valence-electron chi connectivity index (χ1n) is 10.7. The maximum absolute atomic E-state index is 12.3. The highest BCUT2D eigenvalue weighted by molar-refractivity contribution is 6.39. The molecule has 2 aromatic rings. The topological polar surface area (TPSA) is 93.7 Å². The van der Waals surface area contributed by atoms with Crippen molar-refractivity contribution in [2.45, 2.75) is 20.4 Å². The van der Waals surface area contributed by atoms with Crippen molar-refractivity contribution in [3.63, 3.8) is 0 Å². The first-order valence-corrected chi connectivity index (χ1v) is 10.7. The third-order valence-electron chi connectivity index (χ3n) is 5.39. The summed E-state index contributed by atoms with van der Waals surface area (Å²) in [6, 6.07) is 7.31. The maximum Gasteiger partial charge on any atom is 0.313 e. The second-order valence-electron chi connectivity index (χ2n) is 7.53. The Morgan fingerprint density at radius 2 is 1.77 bits per heavy atom. The van der Waals surface area contributed by atoms with E-state index >= 15 is 0 Å². The normalized spacial score (nSPS) is 14.2. The van der Waals surface area contributed by atoms with Gasteiger partial charge < -0.3 is 25.3 Å². The fraction of sp³-hybridized carbons (Fsp3) is 0.455. The number of nitrogens with one attached hydrogen (secondary N) is 2. The number of pyridine rings is 2. The summed E-state index contributed by atoms with van der Waals surface area (Å²) in [6.45, 7) is 9.84. The van der Waals surface area contributed by atoms with E-state index in [1.165, 1.54) is 0 Å². The molecular formula is C22H31N7O2. The van der Waals surface area contributed by atoms with Gasteiger partial charge in [-0.1, -0.05) is 6.07 Å². The van der Waals surface area contributed by atoms with Crippen LogP contribution in [0.4, 0.5) is 17.3 Å². The van der Waals surface area contributed by atoms with E-state index in [-0.39, 0.29) is 6.54 Å². The number of nitrogens with zero attached hydrogens (tertiary/aromatic N) is 5. The summed E-state index contributed by atoms with van der Waals surface area (Å²) < 4.78 is 0. The quantitative estimate of drug-likeness (QED) is 0.647. The van der Waals surface area contributed by atoms with Gasteiger partial charge >= 0.3 is 11.8 Å². The molecule has 0 radical (unpaired) electrons. The Morgan fingerprint density at radius 1 is 1.03 bits per heavy atom. The summed E-state index contributed by atoms with van der Waals surface area (Å²) in [5, 5.41) is 5.30. The van der Waals surface area contributed by atoms with Gasteiger partial charge in [-0.25, -0.2) is 9.97 Å². The molecule has 1 fully saturated rings. The van der Waals surface area contributed by atoms with Crippen LogP contribution in [0.2, 0.25) is 0 Å². The Balaban J connectivity index is 1.51. The number of carbonyl (C=O) groups excluding carboxylic acids is 2. The Hall–Kier alpha value is -3.20. The number of hydrogen-bond acceptors (Lipinski definition) is 7. The van der Waals surface area contributed by atoms with Gasteiger partial charge in [0.25, 0.3) is 0 Å². The number of anilines is 3. The van der Waals surface area contributed by atoms with Crippen molar-refractivity contribution in [1.82, 2.24) is 20.2 Å².